The van der Waals surface area contributed by atoms with Crippen LogP contribution in [0.2, 0.25) is 0 Å². The van der Waals surface area contributed by atoms with Crippen molar-refractivity contribution < 1.29 is 9.47 Å². The van der Waals surface area contributed by atoms with Crippen LogP contribution < -0.4 is 5.32 Å². The van der Waals surface area contributed by atoms with Crippen molar-refractivity contribution in [3.05, 3.63) is 0 Å². The van der Waals surface area contributed by atoms with E-state index in [0.29, 0.717) is 18.3 Å². The minimum Gasteiger partial charge on any atom is -0.372 e. The monoisotopic (exact) mass is 183 g/mol. The number of fused-ring (bicyclic) bond motifs is 2. The molecule has 0 amide bonds. The lowest BCUT2D eigenvalue weighted by Gasteiger charge is -2.42. The van der Waals surface area contributed by atoms with E-state index in [9.17, 15) is 0 Å². The highest BCUT2D eigenvalue weighted by atomic mass is 16.6. The van der Waals surface area contributed by atoms with Gasteiger partial charge in [-0.25, -0.2) is 0 Å². The minimum absolute atomic E-state index is 0.0957. The molecule has 3 nitrogen and oxygen atoms in total. The number of ether oxygens (including phenoxy) is 2. The Morgan fingerprint density at radius 1 is 1.38 bits per heavy atom. The first-order chi connectivity index (χ1) is 6.25. The topological polar surface area (TPSA) is 30.5 Å². The molecule has 0 aromatic rings. The Kier molecular flexibility index (Phi) is 1.70. The van der Waals surface area contributed by atoms with Crippen LogP contribution in [0, 0.1) is 0 Å². The van der Waals surface area contributed by atoms with Crippen LogP contribution in [0.4, 0.5) is 0 Å². The van der Waals surface area contributed by atoms with Crippen LogP contribution in [0.15, 0.2) is 0 Å². The van der Waals surface area contributed by atoms with Crippen molar-refractivity contribution in [1.29, 1.82) is 0 Å². The van der Waals surface area contributed by atoms with Gasteiger partial charge in [0.25, 0.3) is 0 Å². The van der Waals surface area contributed by atoms with Gasteiger partial charge in [0.05, 0.1) is 23.9 Å². The summed E-state index contributed by atoms with van der Waals surface area (Å²) in [5.74, 6) is 0. The normalized spacial score (nSPS) is 46.4. The van der Waals surface area contributed by atoms with Gasteiger partial charge in [0, 0.05) is 19.5 Å². The fraction of sp³-hybridized carbons (Fsp3) is 1.00. The molecule has 0 radical (unpaired) electrons. The standard InChI is InChI=1S/C10H17NO2/c1-10(5-11-6-10)13-9-4-7-2-3-8(9)12-7/h7-9,11H,2-6H2,1H3. The first-order valence-corrected chi connectivity index (χ1v) is 5.29. The highest BCUT2D eigenvalue weighted by molar-refractivity contribution is 4.96. The highest BCUT2D eigenvalue weighted by Gasteiger charge is 2.45. The summed E-state index contributed by atoms with van der Waals surface area (Å²) >= 11 is 0. The predicted molar refractivity (Wildman–Crippen MR) is 48.7 cm³/mol. The van der Waals surface area contributed by atoms with E-state index in [-0.39, 0.29) is 5.60 Å². The third kappa shape index (κ3) is 1.30. The van der Waals surface area contributed by atoms with Crippen molar-refractivity contribution in [3.63, 3.8) is 0 Å². The lowest BCUT2D eigenvalue weighted by atomic mass is 9.94. The fourth-order valence-corrected chi connectivity index (χ4v) is 2.64. The van der Waals surface area contributed by atoms with Gasteiger partial charge in [-0.3, -0.25) is 0 Å². The summed E-state index contributed by atoms with van der Waals surface area (Å²) in [5.41, 5.74) is 0.0957. The van der Waals surface area contributed by atoms with Crippen LogP contribution in [0.25, 0.3) is 0 Å². The van der Waals surface area contributed by atoms with Crippen molar-refractivity contribution in [1.82, 2.24) is 5.32 Å². The van der Waals surface area contributed by atoms with Crippen LogP contribution in [-0.2, 0) is 9.47 Å². The highest BCUT2D eigenvalue weighted by Crippen LogP contribution is 2.38. The molecule has 3 heteroatoms. The summed E-state index contributed by atoms with van der Waals surface area (Å²) in [7, 11) is 0. The van der Waals surface area contributed by atoms with Gasteiger partial charge in [-0.2, -0.15) is 0 Å². The number of hydrogen-bond acceptors (Lipinski definition) is 3. The molecule has 0 spiro atoms. The predicted octanol–water partition coefficient (Wildman–Crippen LogP) is 0.685. The van der Waals surface area contributed by atoms with Crippen LogP contribution in [0.5, 0.6) is 0 Å². The Balaban J connectivity index is 1.61. The van der Waals surface area contributed by atoms with Crippen LogP contribution >= 0.6 is 0 Å². The van der Waals surface area contributed by atoms with Crippen molar-refractivity contribution in [2.24, 2.45) is 0 Å². The van der Waals surface area contributed by atoms with Gasteiger partial charge in [0.15, 0.2) is 0 Å². The third-order valence-electron chi connectivity index (χ3n) is 3.48. The first-order valence-electron chi connectivity index (χ1n) is 5.29. The lowest BCUT2D eigenvalue weighted by Crippen LogP contribution is -2.60. The Labute approximate surface area is 78.8 Å². The van der Waals surface area contributed by atoms with E-state index in [1.807, 2.05) is 0 Å². The molecular weight excluding hydrogens is 166 g/mol. The summed E-state index contributed by atoms with van der Waals surface area (Å²) in [5, 5.41) is 3.25. The van der Waals surface area contributed by atoms with Crippen molar-refractivity contribution in [2.75, 3.05) is 13.1 Å². The minimum atomic E-state index is 0.0957. The molecule has 2 bridgehead atoms. The van der Waals surface area contributed by atoms with Gasteiger partial charge in [0.1, 0.15) is 0 Å². The van der Waals surface area contributed by atoms with Crippen molar-refractivity contribution in [2.45, 2.75) is 50.1 Å². The Morgan fingerprint density at radius 2 is 2.23 bits per heavy atom. The van der Waals surface area contributed by atoms with E-state index < -0.39 is 0 Å². The summed E-state index contributed by atoms with van der Waals surface area (Å²) in [6, 6.07) is 0. The molecule has 3 rings (SSSR count). The Bertz CT molecular complexity index is 215. The maximum absolute atomic E-state index is 6.08. The quantitative estimate of drug-likeness (QED) is 0.683. The molecule has 1 N–H and O–H groups in total. The van der Waals surface area contributed by atoms with Crippen molar-refractivity contribution >= 4 is 0 Å². The number of nitrogens with one attached hydrogen (secondary N) is 1. The molecule has 3 aliphatic heterocycles. The maximum atomic E-state index is 6.08. The molecule has 3 unspecified atom stereocenters. The van der Waals surface area contributed by atoms with E-state index >= 15 is 0 Å². The Hall–Kier alpha value is -0.120. The van der Waals surface area contributed by atoms with Crippen LogP contribution in [0.3, 0.4) is 0 Å². The van der Waals surface area contributed by atoms with E-state index in [4.69, 9.17) is 9.47 Å². The molecule has 0 aromatic carbocycles. The molecular formula is C10H17NO2. The van der Waals surface area contributed by atoms with Gasteiger partial charge >= 0.3 is 0 Å². The zero-order chi connectivity index (χ0) is 8.89. The third-order valence-corrected chi connectivity index (χ3v) is 3.48. The Morgan fingerprint density at radius 3 is 2.69 bits per heavy atom. The van der Waals surface area contributed by atoms with E-state index in [2.05, 4.69) is 12.2 Å². The molecule has 3 atom stereocenters. The fourth-order valence-electron chi connectivity index (χ4n) is 2.64. The average molecular weight is 183 g/mol. The second-order valence-corrected chi connectivity index (χ2v) is 4.82. The second-order valence-electron chi connectivity index (χ2n) is 4.82. The van der Waals surface area contributed by atoms with Gasteiger partial charge in [-0.15, -0.1) is 0 Å². The SMILES string of the molecule is CC1(OC2CC3CCC2O3)CNC1. The van der Waals surface area contributed by atoms with Gasteiger partial charge < -0.3 is 14.8 Å². The second kappa shape index (κ2) is 2.69. The van der Waals surface area contributed by atoms with E-state index in [1.54, 1.807) is 0 Å². The largest absolute Gasteiger partial charge is 0.372 e. The molecule has 3 fully saturated rings. The van der Waals surface area contributed by atoms with Crippen LogP contribution in [-0.4, -0.2) is 37.0 Å². The average Bonchev–Trinajstić information content (AvgIpc) is 2.62. The van der Waals surface area contributed by atoms with E-state index in [1.165, 1.54) is 12.8 Å². The summed E-state index contributed by atoms with van der Waals surface area (Å²) in [6.07, 6.45) is 4.87. The zero-order valence-electron chi connectivity index (χ0n) is 8.08. The van der Waals surface area contributed by atoms with Crippen molar-refractivity contribution in [3.8, 4) is 0 Å². The molecule has 13 heavy (non-hydrogen) atoms. The smallest absolute Gasteiger partial charge is 0.0906 e. The molecule has 0 aromatic heterocycles. The van der Waals surface area contributed by atoms with Gasteiger partial charge in [-0.1, -0.05) is 0 Å². The van der Waals surface area contributed by atoms with Gasteiger partial charge in [-0.05, 0) is 19.8 Å². The first kappa shape index (κ1) is 8.21. The lowest BCUT2D eigenvalue weighted by molar-refractivity contribution is -0.127. The van der Waals surface area contributed by atoms with E-state index in [0.717, 1.165) is 19.5 Å². The molecule has 3 saturated heterocycles. The molecule has 0 saturated carbocycles. The number of hydrogen-bond donors (Lipinski definition) is 1. The summed E-state index contributed by atoms with van der Waals surface area (Å²) in [6.45, 7) is 4.19. The van der Waals surface area contributed by atoms with Crippen LogP contribution in [0.1, 0.15) is 26.2 Å². The molecule has 3 heterocycles. The zero-order valence-corrected chi connectivity index (χ0v) is 8.08. The summed E-state index contributed by atoms with van der Waals surface area (Å²) in [4.78, 5) is 0. The summed E-state index contributed by atoms with van der Waals surface area (Å²) < 4.78 is 11.8. The maximum Gasteiger partial charge on any atom is 0.0906 e. The van der Waals surface area contributed by atoms with Gasteiger partial charge in [0.2, 0.25) is 0 Å². The molecule has 0 aliphatic carbocycles. The number of rotatable bonds is 2. The molecule has 74 valence electrons. The molecule has 3 aliphatic rings.